The fraction of sp³-hybridized carbons (Fsp3) is 0.442. The van der Waals surface area contributed by atoms with Gasteiger partial charge in [-0.05, 0) is 34.4 Å². The number of ether oxygens (including phenoxy) is 12. The Morgan fingerprint density at radius 3 is 1.09 bits per heavy atom. The minimum atomic E-state index is -1.06. The van der Waals surface area contributed by atoms with Crippen molar-refractivity contribution >= 4 is 0 Å². The van der Waals surface area contributed by atoms with Gasteiger partial charge in [-0.25, -0.2) is 0 Å². The molecule has 0 saturated carbocycles. The molecule has 4 aromatic carbocycles. The summed E-state index contributed by atoms with van der Waals surface area (Å²) in [6.45, 7) is 6.16. The molecule has 6 heterocycles. The second-order valence-corrected chi connectivity index (χ2v) is 15.0. The maximum Gasteiger partial charge on any atom is 0.166 e. The van der Waals surface area contributed by atoms with Crippen molar-refractivity contribution in [2.45, 2.75) is 42.0 Å². The van der Waals surface area contributed by atoms with E-state index in [0.29, 0.717) is 114 Å². The molecule has 4 aromatic rings. The molecule has 6 unspecified atom stereocenters. The van der Waals surface area contributed by atoms with Gasteiger partial charge in [-0.15, -0.1) is 0 Å². The first-order valence-electron chi connectivity index (χ1n) is 19.2. The Morgan fingerprint density at radius 2 is 0.727 bits per heavy atom. The van der Waals surface area contributed by atoms with Crippen LogP contribution in [0.2, 0.25) is 0 Å². The summed E-state index contributed by atoms with van der Waals surface area (Å²) in [5.41, 5.74) is 4.83. The van der Waals surface area contributed by atoms with Gasteiger partial charge in [0.25, 0.3) is 0 Å². The van der Waals surface area contributed by atoms with Crippen molar-refractivity contribution < 1.29 is 56.8 Å². The van der Waals surface area contributed by atoms with Crippen molar-refractivity contribution in [1.82, 2.24) is 0 Å². The lowest BCUT2D eigenvalue weighted by Crippen LogP contribution is -2.31. The summed E-state index contributed by atoms with van der Waals surface area (Å²) >= 11 is 0. The first kappa shape index (κ1) is 33.8. The zero-order chi connectivity index (χ0) is 36.3. The largest absolute Gasteiger partial charge is 0.491 e. The summed E-state index contributed by atoms with van der Waals surface area (Å²) in [6, 6.07) is 25.0. The first-order chi connectivity index (χ1) is 27.2. The highest BCUT2D eigenvalue weighted by Crippen LogP contribution is 2.62. The van der Waals surface area contributed by atoms with Crippen LogP contribution >= 0.6 is 0 Å². The van der Waals surface area contributed by atoms with Crippen molar-refractivity contribution in [3.63, 3.8) is 0 Å². The van der Waals surface area contributed by atoms with Crippen molar-refractivity contribution in [3.8, 4) is 45.6 Å². The van der Waals surface area contributed by atoms with Crippen molar-refractivity contribution in [1.29, 1.82) is 0 Å². The van der Waals surface area contributed by atoms with Gasteiger partial charge in [-0.1, -0.05) is 48.5 Å². The number of hydrogen-bond acceptors (Lipinski definition) is 12. The lowest BCUT2D eigenvalue weighted by Gasteiger charge is -2.37. The standard InChI is InChI=1S/C43H42O12/c1-3-7-35-33(5-1)34-6-2-4-8-36(34)43(35,37-9-25(44-13-27-15-46-27)11-39(52-21-29-17-48-29)41(37)54-23-31-19-50-31)38-10-26(45-14-28-16-47-28)12-40(53-22-30-18-49-30)42(38)55-24-32-20-51-32/h1-12,27-32H,13-24H2. The molecule has 0 aromatic heterocycles. The van der Waals surface area contributed by atoms with Crippen molar-refractivity contribution in [3.05, 3.63) is 95.1 Å². The summed E-state index contributed by atoms with van der Waals surface area (Å²) in [5.74, 6) is 3.53. The molecule has 0 radical (unpaired) electrons. The fourth-order valence-electron chi connectivity index (χ4n) is 7.43. The average Bonchev–Trinajstić information content (AvgIpc) is 4.00. The Kier molecular flexibility index (Phi) is 8.51. The van der Waals surface area contributed by atoms with E-state index in [0.717, 1.165) is 33.4 Å². The summed E-state index contributed by atoms with van der Waals surface area (Å²) in [4.78, 5) is 0. The summed E-state index contributed by atoms with van der Waals surface area (Å²) in [7, 11) is 0. The van der Waals surface area contributed by atoms with E-state index in [2.05, 4.69) is 60.7 Å². The van der Waals surface area contributed by atoms with E-state index >= 15 is 0 Å². The van der Waals surface area contributed by atoms with Gasteiger partial charge in [-0.3, -0.25) is 0 Å². The van der Waals surface area contributed by atoms with Gasteiger partial charge in [0.2, 0.25) is 0 Å². The van der Waals surface area contributed by atoms with Crippen LogP contribution in [0.15, 0.2) is 72.8 Å². The number of fused-ring (bicyclic) bond motifs is 3. The normalized spacial score (nSPS) is 26.6. The second kappa shape index (κ2) is 13.9. The molecule has 0 amide bonds. The highest BCUT2D eigenvalue weighted by molar-refractivity contribution is 5.88. The van der Waals surface area contributed by atoms with Crippen LogP contribution in [0.4, 0.5) is 0 Å². The molecule has 1 aliphatic carbocycles. The Hall–Kier alpha value is -4.56. The van der Waals surface area contributed by atoms with E-state index in [1.807, 2.05) is 12.1 Å². The van der Waals surface area contributed by atoms with Crippen LogP contribution in [-0.4, -0.2) is 116 Å². The van der Waals surface area contributed by atoms with Gasteiger partial charge < -0.3 is 56.8 Å². The molecule has 7 aliphatic rings. The van der Waals surface area contributed by atoms with E-state index in [1.54, 1.807) is 0 Å². The molecule has 0 spiro atoms. The zero-order valence-corrected chi connectivity index (χ0v) is 30.3. The third-order valence-electron chi connectivity index (χ3n) is 10.8. The molecule has 12 heteroatoms. The zero-order valence-electron chi connectivity index (χ0n) is 30.3. The monoisotopic (exact) mass is 750 g/mol. The number of rotatable bonds is 20. The molecule has 0 bridgehead atoms. The lowest BCUT2D eigenvalue weighted by atomic mass is 9.66. The molecule has 286 valence electrons. The molecular formula is C43H42O12. The Bertz CT molecular complexity index is 1910. The van der Waals surface area contributed by atoms with Gasteiger partial charge in [0.15, 0.2) is 23.0 Å². The van der Waals surface area contributed by atoms with Crippen LogP contribution < -0.4 is 28.4 Å². The number of epoxide rings is 6. The molecule has 12 nitrogen and oxygen atoms in total. The Labute approximate surface area is 318 Å². The van der Waals surface area contributed by atoms with Gasteiger partial charge in [0, 0.05) is 23.3 Å². The highest BCUT2D eigenvalue weighted by Gasteiger charge is 2.51. The molecular weight excluding hydrogens is 708 g/mol. The van der Waals surface area contributed by atoms with Crippen LogP contribution in [-0.2, 0) is 33.8 Å². The quantitative estimate of drug-likeness (QED) is 0.102. The first-order valence-corrected chi connectivity index (χ1v) is 19.2. The van der Waals surface area contributed by atoms with Gasteiger partial charge in [0.1, 0.15) is 87.8 Å². The molecule has 11 rings (SSSR count). The van der Waals surface area contributed by atoms with E-state index in [1.165, 1.54) is 0 Å². The molecule has 0 N–H and O–H groups in total. The van der Waals surface area contributed by atoms with E-state index in [9.17, 15) is 0 Å². The summed E-state index contributed by atoms with van der Waals surface area (Å²) in [5, 5.41) is 0. The van der Waals surface area contributed by atoms with Gasteiger partial charge >= 0.3 is 0 Å². The number of hydrogen-bond donors (Lipinski definition) is 0. The van der Waals surface area contributed by atoms with E-state index < -0.39 is 5.41 Å². The van der Waals surface area contributed by atoms with Crippen LogP contribution in [0, 0.1) is 0 Å². The summed E-state index contributed by atoms with van der Waals surface area (Å²) in [6.07, 6.45) is 0.0797. The van der Waals surface area contributed by atoms with Crippen molar-refractivity contribution in [2.24, 2.45) is 0 Å². The molecule has 55 heavy (non-hydrogen) atoms. The highest BCUT2D eigenvalue weighted by atomic mass is 16.6. The molecule has 6 atom stereocenters. The third-order valence-corrected chi connectivity index (χ3v) is 10.8. The maximum absolute atomic E-state index is 6.88. The Balaban J connectivity index is 1.18. The van der Waals surface area contributed by atoms with Crippen LogP contribution in [0.3, 0.4) is 0 Å². The molecule has 6 aliphatic heterocycles. The predicted octanol–water partition coefficient (Wildman–Crippen LogP) is 4.72. The van der Waals surface area contributed by atoms with E-state index in [-0.39, 0.29) is 36.6 Å². The minimum absolute atomic E-state index is 0.0125. The molecule has 6 fully saturated rings. The lowest BCUT2D eigenvalue weighted by molar-refractivity contribution is 0.219. The fourth-order valence-corrected chi connectivity index (χ4v) is 7.43. The third kappa shape index (κ3) is 7.07. The predicted molar refractivity (Wildman–Crippen MR) is 195 cm³/mol. The minimum Gasteiger partial charge on any atom is -0.491 e. The topological polar surface area (TPSA) is 131 Å². The van der Waals surface area contributed by atoms with Crippen LogP contribution in [0.1, 0.15) is 22.3 Å². The molecule has 6 saturated heterocycles. The van der Waals surface area contributed by atoms with Gasteiger partial charge in [-0.2, -0.15) is 0 Å². The SMILES string of the molecule is c1ccc2c(c1)-c1ccccc1C2(c1cc(OCC2CO2)cc(OCC2CO2)c1OCC1CO1)c1cc(OCC2CO2)cc(OCC2CO2)c1OCC1CO1. The number of benzene rings is 4. The van der Waals surface area contributed by atoms with E-state index in [4.69, 9.17) is 56.8 Å². The van der Waals surface area contributed by atoms with Crippen molar-refractivity contribution in [2.75, 3.05) is 79.3 Å². The van der Waals surface area contributed by atoms with Crippen LogP contribution in [0.25, 0.3) is 11.1 Å². The maximum atomic E-state index is 6.88. The smallest absolute Gasteiger partial charge is 0.166 e. The van der Waals surface area contributed by atoms with Gasteiger partial charge in [0.05, 0.1) is 45.1 Å². The summed E-state index contributed by atoms with van der Waals surface area (Å²) < 4.78 is 73.6. The second-order valence-electron chi connectivity index (χ2n) is 15.0. The van der Waals surface area contributed by atoms with Crippen LogP contribution in [0.5, 0.6) is 34.5 Å². The average molecular weight is 751 g/mol. The Morgan fingerprint density at radius 1 is 0.400 bits per heavy atom.